The van der Waals surface area contributed by atoms with Gasteiger partial charge in [0.2, 0.25) is 0 Å². The van der Waals surface area contributed by atoms with Crippen molar-refractivity contribution in [1.82, 2.24) is 0 Å². The molecule has 1 aromatic carbocycles. The van der Waals surface area contributed by atoms with E-state index in [9.17, 15) is 25.5 Å². The van der Waals surface area contributed by atoms with Crippen LogP contribution in [0.15, 0.2) is 18.2 Å². The molecule has 0 radical (unpaired) electrons. The number of unbranched alkanes of at least 4 members (excludes halogenated alkanes) is 1. The zero-order valence-electron chi connectivity index (χ0n) is 12.7. The summed E-state index contributed by atoms with van der Waals surface area (Å²) in [5.41, 5.74) is 0.719. The Kier molecular flexibility index (Phi) is 6.20. The van der Waals surface area contributed by atoms with E-state index in [1.807, 2.05) is 0 Å². The number of ether oxygens (including phenoxy) is 1. The third-order valence-electron chi connectivity index (χ3n) is 4.24. The van der Waals surface area contributed by atoms with Crippen molar-refractivity contribution < 1.29 is 35.4 Å². The van der Waals surface area contributed by atoms with Gasteiger partial charge in [-0.15, -0.1) is 0 Å². The van der Waals surface area contributed by atoms with Crippen molar-refractivity contribution in [2.75, 3.05) is 6.61 Å². The smallest absolute Gasteiger partial charge is 0.122 e. The van der Waals surface area contributed by atoms with Crippen molar-refractivity contribution in [2.24, 2.45) is 0 Å². The van der Waals surface area contributed by atoms with Gasteiger partial charge in [0.25, 0.3) is 0 Å². The van der Waals surface area contributed by atoms with E-state index in [2.05, 4.69) is 0 Å². The molecule has 0 bridgehead atoms. The molecule has 1 aromatic rings. The zero-order chi connectivity index (χ0) is 17.0. The van der Waals surface area contributed by atoms with E-state index in [0.29, 0.717) is 25.7 Å². The summed E-state index contributed by atoms with van der Waals surface area (Å²) in [6.45, 7) is -0.428. The quantitative estimate of drug-likeness (QED) is 0.394. The van der Waals surface area contributed by atoms with Crippen LogP contribution >= 0.6 is 0 Å². The second-order valence-corrected chi connectivity index (χ2v) is 5.93. The standard InChI is InChI=1S/C16H24O7/c17-8-13-15(21)16(22)14(20)12(23-13)4-2-1-3-9-5-6-10(18)7-11(9)19/h5-7,12-22H,1-4,8H2/t12-,13+,14-,15+,16+/m0/s1. The molecule has 1 heterocycles. The fraction of sp³-hybridized carbons (Fsp3) is 0.625. The zero-order valence-corrected chi connectivity index (χ0v) is 12.7. The Balaban J connectivity index is 1.81. The van der Waals surface area contributed by atoms with Crippen molar-refractivity contribution in [3.8, 4) is 11.5 Å². The lowest BCUT2D eigenvalue weighted by Gasteiger charge is -2.40. The van der Waals surface area contributed by atoms with E-state index >= 15 is 0 Å². The number of rotatable bonds is 6. The second kappa shape index (κ2) is 7.94. The number of benzene rings is 1. The first-order valence-corrected chi connectivity index (χ1v) is 7.75. The second-order valence-electron chi connectivity index (χ2n) is 5.93. The number of aromatic hydroxyl groups is 2. The van der Waals surface area contributed by atoms with E-state index in [0.717, 1.165) is 5.56 Å². The maximum atomic E-state index is 9.93. The maximum Gasteiger partial charge on any atom is 0.122 e. The van der Waals surface area contributed by atoms with Gasteiger partial charge < -0.3 is 35.4 Å². The Morgan fingerprint density at radius 2 is 1.61 bits per heavy atom. The summed E-state index contributed by atoms with van der Waals surface area (Å²) in [5.74, 6) is 0.0467. The molecule has 0 aliphatic carbocycles. The topological polar surface area (TPSA) is 131 Å². The molecule has 0 spiro atoms. The van der Waals surface area contributed by atoms with Crippen molar-refractivity contribution in [3.05, 3.63) is 23.8 Å². The molecule has 0 unspecified atom stereocenters. The van der Waals surface area contributed by atoms with Gasteiger partial charge in [0.05, 0.1) is 12.7 Å². The first-order chi connectivity index (χ1) is 10.9. The molecule has 5 atom stereocenters. The van der Waals surface area contributed by atoms with Gasteiger partial charge in [-0.05, 0) is 30.9 Å². The van der Waals surface area contributed by atoms with Crippen LogP contribution in [0.2, 0.25) is 0 Å². The van der Waals surface area contributed by atoms with Gasteiger partial charge in [-0.1, -0.05) is 12.5 Å². The summed E-state index contributed by atoms with van der Waals surface area (Å²) in [7, 11) is 0. The first kappa shape index (κ1) is 18.0. The summed E-state index contributed by atoms with van der Waals surface area (Å²) in [5, 5.41) is 57.4. The average Bonchev–Trinajstić information content (AvgIpc) is 2.53. The van der Waals surface area contributed by atoms with Gasteiger partial charge in [-0.3, -0.25) is 0 Å². The fourth-order valence-electron chi connectivity index (χ4n) is 2.84. The molecular weight excluding hydrogens is 304 g/mol. The molecule has 0 saturated carbocycles. The average molecular weight is 328 g/mol. The van der Waals surface area contributed by atoms with E-state index < -0.39 is 37.1 Å². The first-order valence-electron chi connectivity index (χ1n) is 7.75. The van der Waals surface area contributed by atoms with Gasteiger partial charge >= 0.3 is 0 Å². The minimum Gasteiger partial charge on any atom is -0.508 e. The van der Waals surface area contributed by atoms with Crippen LogP contribution in [0.25, 0.3) is 0 Å². The normalized spacial score (nSPS) is 31.2. The van der Waals surface area contributed by atoms with Crippen molar-refractivity contribution in [3.63, 3.8) is 0 Å². The minimum absolute atomic E-state index is 0.00701. The highest BCUT2D eigenvalue weighted by molar-refractivity contribution is 5.38. The van der Waals surface area contributed by atoms with Crippen molar-refractivity contribution >= 4 is 0 Å². The lowest BCUT2D eigenvalue weighted by atomic mass is 9.92. The van der Waals surface area contributed by atoms with Crippen LogP contribution in [0.5, 0.6) is 11.5 Å². The Bertz CT molecular complexity index is 505. The molecule has 1 aliphatic rings. The van der Waals surface area contributed by atoms with E-state index in [1.165, 1.54) is 12.1 Å². The monoisotopic (exact) mass is 328 g/mol. The number of hydrogen-bond donors (Lipinski definition) is 6. The van der Waals surface area contributed by atoms with Crippen LogP contribution < -0.4 is 0 Å². The molecular formula is C16H24O7. The molecule has 2 rings (SSSR count). The van der Waals surface area contributed by atoms with Crippen LogP contribution in [-0.4, -0.2) is 67.8 Å². The predicted molar refractivity (Wildman–Crippen MR) is 81.1 cm³/mol. The lowest BCUT2D eigenvalue weighted by molar-refractivity contribution is -0.230. The molecule has 1 fully saturated rings. The number of aryl methyl sites for hydroxylation is 1. The Morgan fingerprint density at radius 1 is 0.913 bits per heavy atom. The Hall–Kier alpha value is -1.38. The molecule has 23 heavy (non-hydrogen) atoms. The summed E-state index contributed by atoms with van der Waals surface area (Å²) < 4.78 is 5.43. The molecule has 6 N–H and O–H groups in total. The van der Waals surface area contributed by atoms with Gasteiger partial charge in [-0.25, -0.2) is 0 Å². The summed E-state index contributed by atoms with van der Waals surface area (Å²) in [6, 6.07) is 4.44. The largest absolute Gasteiger partial charge is 0.508 e. The molecule has 0 aromatic heterocycles. The molecule has 1 aliphatic heterocycles. The van der Waals surface area contributed by atoms with Crippen LogP contribution in [0.4, 0.5) is 0 Å². The fourth-order valence-corrected chi connectivity index (χ4v) is 2.84. The van der Waals surface area contributed by atoms with Gasteiger partial charge in [0, 0.05) is 6.07 Å². The molecule has 130 valence electrons. The number of hydrogen-bond acceptors (Lipinski definition) is 7. The number of aliphatic hydroxyl groups is 4. The molecule has 1 saturated heterocycles. The van der Waals surface area contributed by atoms with Crippen molar-refractivity contribution in [2.45, 2.75) is 56.2 Å². The van der Waals surface area contributed by atoms with Crippen molar-refractivity contribution in [1.29, 1.82) is 0 Å². The maximum absolute atomic E-state index is 9.93. The van der Waals surface area contributed by atoms with Gasteiger partial charge in [0.1, 0.15) is 35.9 Å². The highest BCUT2D eigenvalue weighted by Gasteiger charge is 2.42. The number of phenols is 2. The van der Waals surface area contributed by atoms with Crippen LogP contribution in [0.3, 0.4) is 0 Å². The number of aliphatic hydroxyl groups excluding tert-OH is 4. The Labute approximate surface area is 134 Å². The van der Waals surface area contributed by atoms with E-state index in [4.69, 9.17) is 9.84 Å². The minimum atomic E-state index is -1.34. The van der Waals surface area contributed by atoms with Crippen LogP contribution in [0, 0.1) is 0 Å². The molecule has 7 heteroatoms. The molecule has 7 nitrogen and oxygen atoms in total. The lowest BCUT2D eigenvalue weighted by Crippen LogP contribution is -2.58. The summed E-state index contributed by atoms with van der Waals surface area (Å²) in [4.78, 5) is 0. The van der Waals surface area contributed by atoms with Crippen LogP contribution in [0.1, 0.15) is 24.8 Å². The SMILES string of the molecule is OC[C@H]1O[C@@H](CCCCc2ccc(O)cc2O)[C@H](O)[C@@H](O)[C@@H]1O. The molecule has 0 amide bonds. The van der Waals surface area contributed by atoms with Gasteiger partial charge in [0.15, 0.2) is 0 Å². The van der Waals surface area contributed by atoms with Crippen LogP contribution in [-0.2, 0) is 11.2 Å². The summed E-state index contributed by atoms with van der Waals surface area (Å²) in [6.07, 6.45) is -2.96. The highest BCUT2D eigenvalue weighted by Crippen LogP contribution is 2.26. The number of phenolic OH excluding ortho intramolecular Hbond substituents is 2. The third kappa shape index (κ3) is 4.33. The van der Waals surface area contributed by atoms with E-state index in [1.54, 1.807) is 6.07 Å². The summed E-state index contributed by atoms with van der Waals surface area (Å²) >= 11 is 0. The van der Waals surface area contributed by atoms with Gasteiger partial charge in [-0.2, -0.15) is 0 Å². The third-order valence-corrected chi connectivity index (χ3v) is 4.24. The predicted octanol–water partition coefficient (Wildman–Crippen LogP) is -0.347. The van der Waals surface area contributed by atoms with E-state index in [-0.39, 0.29) is 11.5 Å². The highest BCUT2D eigenvalue weighted by atomic mass is 16.5. The Morgan fingerprint density at radius 3 is 2.26 bits per heavy atom.